The van der Waals surface area contributed by atoms with E-state index in [-0.39, 0.29) is 5.97 Å². The van der Waals surface area contributed by atoms with E-state index < -0.39 is 14.3 Å². The fourth-order valence-corrected chi connectivity index (χ4v) is 3.90. The third-order valence-corrected chi connectivity index (χ3v) is 5.19. The molecule has 9 heteroatoms. The largest absolute Gasteiger partial charge is 0.468 e. The molecule has 1 aliphatic rings. The van der Waals surface area contributed by atoms with Crippen LogP contribution in [0.2, 0.25) is 5.02 Å². The fourth-order valence-electron chi connectivity index (χ4n) is 2.77. The number of fused-ring (bicyclic) bond motifs is 1. The van der Waals surface area contributed by atoms with Gasteiger partial charge in [-0.05, 0) is 35.1 Å². The Bertz CT molecular complexity index is 750. The maximum absolute atomic E-state index is 12.3. The quantitative estimate of drug-likeness (QED) is 0.605. The van der Waals surface area contributed by atoms with E-state index in [0.717, 1.165) is 25.1 Å². The van der Waals surface area contributed by atoms with E-state index in [9.17, 15) is 4.79 Å². The number of nitrogens with zero attached hydrogens (tertiary/aromatic N) is 1. The summed E-state index contributed by atoms with van der Waals surface area (Å²) >= 11 is 8.07. The SMILES string of the molecule is COC(=O)[C@H](c1ccccc1Cl)N1CCc2sccc2C1.O=[PH](O)O. The number of esters is 1. The molecule has 25 heavy (non-hydrogen) atoms. The summed E-state index contributed by atoms with van der Waals surface area (Å²) in [6.07, 6.45) is 0.963. The minimum absolute atomic E-state index is 0.262. The number of hydrogen-bond acceptors (Lipinski definition) is 5. The zero-order valence-electron chi connectivity index (χ0n) is 13.5. The van der Waals surface area contributed by atoms with Gasteiger partial charge in [-0.1, -0.05) is 29.8 Å². The number of hydrogen-bond donors (Lipinski definition) is 2. The summed E-state index contributed by atoms with van der Waals surface area (Å²) in [6, 6.07) is 9.16. The lowest BCUT2D eigenvalue weighted by molar-refractivity contribution is -0.147. The fraction of sp³-hybridized carbons (Fsp3) is 0.312. The zero-order valence-corrected chi connectivity index (χ0v) is 16.1. The highest BCUT2D eigenvalue weighted by Gasteiger charge is 2.32. The number of ether oxygens (including phenoxy) is 1. The first-order chi connectivity index (χ1) is 11.9. The summed E-state index contributed by atoms with van der Waals surface area (Å²) in [6.45, 7) is 1.59. The van der Waals surface area contributed by atoms with Crippen molar-refractivity contribution in [1.82, 2.24) is 4.90 Å². The lowest BCUT2D eigenvalue weighted by Gasteiger charge is -2.33. The van der Waals surface area contributed by atoms with Crippen LogP contribution in [0.1, 0.15) is 22.0 Å². The van der Waals surface area contributed by atoms with Gasteiger partial charge in [0.2, 0.25) is 0 Å². The summed E-state index contributed by atoms with van der Waals surface area (Å²) in [5.74, 6) is -0.262. The van der Waals surface area contributed by atoms with E-state index in [1.807, 2.05) is 24.3 Å². The van der Waals surface area contributed by atoms with E-state index >= 15 is 0 Å². The van der Waals surface area contributed by atoms with Gasteiger partial charge in [0.1, 0.15) is 6.04 Å². The number of rotatable bonds is 3. The van der Waals surface area contributed by atoms with Gasteiger partial charge >= 0.3 is 14.2 Å². The van der Waals surface area contributed by atoms with Crippen LogP contribution in [-0.2, 0) is 27.1 Å². The van der Waals surface area contributed by atoms with Crippen LogP contribution in [0, 0.1) is 0 Å². The van der Waals surface area contributed by atoms with Crippen molar-refractivity contribution in [2.75, 3.05) is 13.7 Å². The molecule has 0 bridgehead atoms. The van der Waals surface area contributed by atoms with Crippen LogP contribution >= 0.6 is 31.2 Å². The van der Waals surface area contributed by atoms with Crippen molar-refractivity contribution in [1.29, 1.82) is 0 Å². The molecule has 0 fully saturated rings. The van der Waals surface area contributed by atoms with E-state index in [0.29, 0.717) is 5.02 Å². The van der Waals surface area contributed by atoms with Crippen molar-refractivity contribution in [2.24, 2.45) is 0 Å². The van der Waals surface area contributed by atoms with Crippen LogP contribution in [0.15, 0.2) is 35.7 Å². The van der Waals surface area contributed by atoms with Crippen LogP contribution in [0.5, 0.6) is 0 Å². The maximum Gasteiger partial charge on any atom is 0.327 e. The molecule has 0 unspecified atom stereocenters. The predicted octanol–water partition coefficient (Wildman–Crippen LogP) is 3.03. The number of halogens is 1. The van der Waals surface area contributed by atoms with Crippen molar-refractivity contribution in [2.45, 2.75) is 19.0 Å². The first-order valence-electron chi connectivity index (χ1n) is 7.47. The van der Waals surface area contributed by atoms with Gasteiger partial charge in [0.05, 0.1) is 7.11 Å². The Morgan fingerprint density at radius 2 is 2.04 bits per heavy atom. The number of methoxy groups -OCH3 is 1. The molecule has 0 saturated carbocycles. The number of carbonyl (C=O) groups is 1. The molecule has 1 atom stereocenters. The molecule has 1 aromatic carbocycles. The Morgan fingerprint density at radius 1 is 1.36 bits per heavy atom. The Morgan fingerprint density at radius 3 is 2.68 bits per heavy atom. The Labute approximate surface area is 155 Å². The third kappa shape index (κ3) is 5.38. The van der Waals surface area contributed by atoms with E-state index in [1.54, 1.807) is 11.3 Å². The third-order valence-electron chi connectivity index (χ3n) is 3.83. The van der Waals surface area contributed by atoms with Crippen LogP contribution in [-0.4, -0.2) is 34.3 Å². The second-order valence-corrected chi connectivity index (χ2v) is 7.29. The topological polar surface area (TPSA) is 87.1 Å². The molecule has 2 N–H and O–H groups in total. The van der Waals surface area contributed by atoms with E-state index in [4.69, 9.17) is 30.7 Å². The van der Waals surface area contributed by atoms with Crippen LogP contribution in [0.3, 0.4) is 0 Å². The van der Waals surface area contributed by atoms with Crippen LogP contribution < -0.4 is 0 Å². The first kappa shape index (κ1) is 20.1. The van der Waals surface area contributed by atoms with Crippen molar-refractivity contribution in [3.8, 4) is 0 Å². The van der Waals surface area contributed by atoms with Gasteiger partial charge in [0, 0.05) is 23.0 Å². The van der Waals surface area contributed by atoms with E-state index in [1.165, 1.54) is 17.6 Å². The smallest absolute Gasteiger partial charge is 0.327 e. The van der Waals surface area contributed by atoms with Gasteiger partial charge in [-0.2, -0.15) is 0 Å². The normalized spacial score (nSPS) is 15.1. The summed E-state index contributed by atoms with van der Waals surface area (Å²) in [7, 11) is -1.71. The van der Waals surface area contributed by atoms with Crippen molar-refractivity contribution in [3.63, 3.8) is 0 Å². The van der Waals surface area contributed by atoms with Gasteiger partial charge in [0.25, 0.3) is 0 Å². The van der Waals surface area contributed by atoms with Gasteiger partial charge in [-0.3, -0.25) is 9.46 Å². The van der Waals surface area contributed by atoms with Crippen molar-refractivity contribution in [3.05, 3.63) is 56.7 Å². The highest BCUT2D eigenvalue weighted by atomic mass is 35.5. The van der Waals surface area contributed by atoms with E-state index in [2.05, 4.69) is 16.3 Å². The van der Waals surface area contributed by atoms with Crippen molar-refractivity contribution >= 4 is 37.2 Å². The molecule has 3 rings (SSSR count). The molecule has 2 heterocycles. The number of thiophene rings is 1. The highest BCUT2D eigenvalue weighted by molar-refractivity contribution is 7.30. The molecular weight excluding hydrogens is 385 g/mol. The molecule has 0 aliphatic carbocycles. The summed E-state index contributed by atoms with van der Waals surface area (Å²) in [5.41, 5.74) is 2.11. The molecule has 0 amide bonds. The average molecular weight is 404 g/mol. The van der Waals surface area contributed by atoms with Crippen LogP contribution in [0.25, 0.3) is 0 Å². The van der Waals surface area contributed by atoms with Gasteiger partial charge in [-0.25, -0.2) is 4.79 Å². The Balaban J connectivity index is 0.000000511. The minimum Gasteiger partial charge on any atom is -0.468 e. The second kappa shape index (κ2) is 9.48. The monoisotopic (exact) mass is 403 g/mol. The summed E-state index contributed by atoms with van der Waals surface area (Å²) in [5, 5.41) is 2.71. The lowest BCUT2D eigenvalue weighted by atomic mass is 10.0. The van der Waals surface area contributed by atoms with Gasteiger partial charge in [-0.15, -0.1) is 11.3 Å². The highest BCUT2D eigenvalue weighted by Crippen LogP contribution is 2.33. The molecule has 1 aliphatic heterocycles. The molecule has 1 aromatic heterocycles. The maximum atomic E-state index is 12.3. The molecular formula is C16H19ClNO5PS. The van der Waals surface area contributed by atoms with Crippen LogP contribution in [0.4, 0.5) is 0 Å². The zero-order chi connectivity index (χ0) is 18.4. The van der Waals surface area contributed by atoms with Gasteiger partial charge in [0.15, 0.2) is 0 Å². The molecule has 136 valence electrons. The lowest BCUT2D eigenvalue weighted by Crippen LogP contribution is -2.38. The Kier molecular flexibility index (Phi) is 7.62. The standard InChI is InChI=1S/C16H16ClNO2S.H3O3P/c1-20-16(19)15(12-4-2-3-5-13(12)17)18-8-6-14-11(10-18)7-9-21-14;1-4(2)3/h2-5,7,9,15H,6,8,10H2,1H3;4H,(H2,1,2,3)/t15-;/m0./s1. The summed E-state index contributed by atoms with van der Waals surface area (Å²) < 4.78 is 13.7. The first-order valence-corrected chi connectivity index (χ1v) is 10.0. The Hall–Kier alpha value is -1.21. The van der Waals surface area contributed by atoms with Crippen molar-refractivity contribution < 1.29 is 23.9 Å². The molecule has 0 saturated heterocycles. The molecule has 6 nitrogen and oxygen atoms in total. The van der Waals surface area contributed by atoms with Gasteiger partial charge < -0.3 is 14.5 Å². The second-order valence-electron chi connectivity index (χ2n) is 5.32. The molecule has 0 spiro atoms. The number of carbonyl (C=O) groups excluding carboxylic acids is 1. The molecule has 2 aromatic rings. The predicted molar refractivity (Wildman–Crippen MR) is 98.1 cm³/mol. The average Bonchev–Trinajstić information content (AvgIpc) is 3.04. The number of benzene rings is 1. The summed E-state index contributed by atoms with van der Waals surface area (Å²) in [4.78, 5) is 30.2. The minimum atomic E-state index is -3.13. The molecule has 0 radical (unpaired) electrons.